The summed E-state index contributed by atoms with van der Waals surface area (Å²) in [5.74, 6) is -0.711. The molecule has 2 rings (SSSR count). The van der Waals surface area contributed by atoms with Gasteiger partial charge in [0.1, 0.15) is 0 Å². The van der Waals surface area contributed by atoms with Crippen molar-refractivity contribution < 1.29 is 9.90 Å². The van der Waals surface area contributed by atoms with Gasteiger partial charge in [0.25, 0.3) is 0 Å². The number of rotatable bonds is 2. The number of hydrogen-bond donors (Lipinski definition) is 1. The van der Waals surface area contributed by atoms with Gasteiger partial charge in [-0.15, -0.1) is 0 Å². The first-order chi connectivity index (χ1) is 8.77. The van der Waals surface area contributed by atoms with Gasteiger partial charge in [0.05, 0.1) is 0 Å². The van der Waals surface area contributed by atoms with E-state index in [9.17, 15) is 4.79 Å². The molecule has 18 heavy (non-hydrogen) atoms. The lowest BCUT2D eigenvalue weighted by atomic mass is 10.0. The van der Waals surface area contributed by atoms with Crippen molar-refractivity contribution in [2.75, 3.05) is 0 Å². The minimum Gasteiger partial charge on any atom is -0.481 e. The smallest absolute Gasteiger partial charge is 0.303 e. The maximum atomic E-state index is 9.60. The third-order valence-electron chi connectivity index (χ3n) is 2.53. The summed E-state index contributed by atoms with van der Waals surface area (Å²) in [5, 5.41) is 7.91. The number of nitrogens with zero attached hydrogens (tertiary/aromatic N) is 1. The van der Waals surface area contributed by atoms with Gasteiger partial charge < -0.3 is 5.11 Å². The molecule has 102 valence electrons. The molecule has 3 nitrogen and oxygen atoms in total. The van der Waals surface area contributed by atoms with Crippen molar-refractivity contribution in [1.29, 1.82) is 0 Å². The fourth-order valence-corrected chi connectivity index (χ4v) is 1.59. The Morgan fingerprint density at radius 1 is 1.00 bits per heavy atom. The van der Waals surface area contributed by atoms with Gasteiger partial charge in [-0.05, 0) is 18.6 Å². The van der Waals surface area contributed by atoms with Crippen LogP contribution in [0.25, 0.3) is 0 Å². The van der Waals surface area contributed by atoms with E-state index in [0.29, 0.717) is 6.42 Å². The molecule has 1 aliphatic carbocycles. The van der Waals surface area contributed by atoms with E-state index in [4.69, 9.17) is 5.11 Å². The van der Waals surface area contributed by atoms with Crippen molar-refractivity contribution in [3.8, 4) is 0 Å². The first-order valence-corrected chi connectivity index (χ1v) is 6.84. The molecule has 1 aromatic rings. The highest BCUT2D eigenvalue weighted by Crippen LogP contribution is 2.15. The van der Waals surface area contributed by atoms with Gasteiger partial charge in [-0.1, -0.05) is 51.5 Å². The zero-order valence-electron chi connectivity index (χ0n) is 11.3. The second-order valence-corrected chi connectivity index (χ2v) is 4.29. The Balaban J connectivity index is 0.000000241. The Morgan fingerprint density at radius 2 is 1.44 bits per heavy atom. The van der Waals surface area contributed by atoms with Crippen LogP contribution >= 0.6 is 0 Å². The zero-order chi connectivity index (χ0) is 13.5. The van der Waals surface area contributed by atoms with Gasteiger partial charge in [-0.2, -0.15) is 0 Å². The van der Waals surface area contributed by atoms with Crippen LogP contribution in [-0.4, -0.2) is 16.1 Å². The van der Waals surface area contributed by atoms with E-state index in [1.54, 1.807) is 12.4 Å². The molecule has 0 aliphatic heterocycles. The van der Waals surface area contributed by atoms with Gasteiger partial charge in [0.15, 0.2) is 0 Å². The summed E-state index contributed by atoms with van der Waals surface area (Å²) in [5.41, 5.74) is 0. The molecule has 1 aromatic heterocycles. The molecule has 0 saturated heterocycles. The average Bonchev–Trinajstić information content (AvgIpc) is 2.44. The molecule has 0 spiro atoms. The van der Waals surface area contributed by atoms with Crippen LogP contribution in [0.1, 0.15) is 58.3 Å². The van der Waals surface area contributed by atoms with Crippen molar-refractivity contribution in [2.45, 2.75) is 58.3 Å². The fourth-order valence-electron chi connectivity index (χ4n) is 1.59. The highest BCUT2D eigenvalue weighted by Gasteiger charge is 1.95. The van der Waals surface area contributed by atoms with Crippen LogP contribution in [0.3, 0.4) is 0 Å². The number of carboxylic acids is 1. The Kier molecular flexibility index (Phi) is 12.6. The van der Waals surface area contributed by atoms with E-state index < -0.39 is 5.97 Å². The lowest BCUT2D eigenvalue weighted by Gasteiger charge is -2.05. The Morgan fingerprint density at radius 3 is 1.56 bits per heavy atom. The van der Waals surface area contributed by atoms with Gasteiger partial charge in [0, 0.05) is 18.8 Å². The third-order valence-corrected chi connectivity index (χ3v) is 2.53. The van der Waals surface area contributed by atoms with Crippen LogP contribution in [0.5, 0.6) is 0 Å². The number of aliphatic carboxylic acids is 1. The Labute approximate surface area is 110 Å². The number of pyridine rings is 1. The number of aromatic nitrogens is 1. The van der Waals surface area contributed by atoms with E-state index >= 15 is 0 Å². The SMILES string of the molecule is C1CCCCC1.CCCC(=O)O.c1ccncc1. The predicted octanol–water partition coefficient (Wildman–Crippen LogP) is 4.29. The molecule has 1 N–H and O–H groups in total. The molecule has 0 radical (unpaired) electrons. The van der Waals surface area contributed by atoms with Crippen LogP contribution in [0.2, 0.25) is 0 Å². The van der Waals surface area contributed by atoms with Crippen molar-refractivity contribution in [3.05, 3.63) is 30.6 Å². The van der Waals surface area contributed by atoms with Crippen LogP contribution in [-0.2, 0) is 4.79 Å². The normalized spacial score (nSPS) is 13.4. The minimum atomic E-state index is -0.711. The Hall–Kier alpha value is -1.38. The molecule has 1 fully saturated rings. The molecule has 1 aliphatic rings. The summed E-state index contributed by atoms with van der Waals surface area (Å²) in [6, 6.07) is 5.72. The molecular formula is C15H25NO2. The molecule has 0 unspecified atom stereocenters. The molecule has 0 amide bonds. The zero-order valence-corrected chi connectivity index (χ0v) is 11.3. The van der Waals surface area contributed by atoms with E-state index in [0.717, 1.165) is 6.42 Å². The standard InChI is InChI=1S/C6H12.C5H5N.C4H8O2/c2*1-2-4-6-5-3-1;1-2-3-4(5)6/h1-6H2;1-5H;2-3H2,1H3,(H,5,6). The van der Waals surface area contributed by atoms with Crippen LogP contribution in [0.15, 0.2) is 30.6 Å². The topological polar surface area (TPSA) is 50.2 Å². The van der Waals surface area contributed by atoms with Crippen LogP contribution in [0, 0.1) is 0 Å². The van der Waals surface area contributed by atoms with Crippen molar-refractivity contribution in [2.24, 2.45) is 0 Å². The number of carboxylic acid groups (broad SMARTS) is 1. The number of carbonyl (C=O) groups is 1. The highest BCUT2D eigenvalue weighted by atomic mass is 16.4. The lowest BCUT2D eigenvalue weighted by Crippen LogP contribution is -1.90. The maximum Gasteiger partial charge on any atom is 0.303 e. The molecule has 0 aromatic carbocycles. The van der Waals surface area contributed by atoms with Gasteiger partial charge >= 0.3 is 5.97 Å². The molecular weight excluding hydrogens is 226 g/mol. The minimum absolute atomic E-state index is 0.292. The second kappa shape index (κ2) is 13.7. The predicted molar refractivity (Wildman–Crippen MR) is 74.5 cm³/mol. The van der Waals surface area contributed by atoms with Crippen molar-refractivity contribution >= 4 is 5.97 Å². The lowest BCUT2D eigenvalue weighted by molar-refractivity contribution is -0.137. The largest absolute Gasteiger partial charge is 0.481 e. The summed E-state index contributed by atoms with van der Waals surface area (Å²) in [6.07, 6.45) is 13.5. The summed E-state index contributed by atoms with van der Waals surface area (Å²) in [7, 11) is 0. The molecule has 1 heterocycles. The molecule has 0 bridgehead atoms. The maximum absolute atomic E-state index is 9.60. The molecule has 1 saturated carbocycles. The van der Waals surface area contributed by atoms with Crippen molar-refractivity contribution in [3.63, 3.8) is 0 Å². The van der Waals surface area contributed by atoms with E-state index in [2.05, 4.69) is 4.98 Å². The molecule has 3 heteroatoms. The first kappa shape index (κ1) is 16.6. The third kappa shape index (κ3) is 14.6. The van der Waals surface area contributed by atoms with Crippen molar-refractivity contribution in [1.82, 2.24) is 4.98 Å². The second-order valence-electron chi connectivity index (χ2n) is 4.29. The van der Waals surface area contributed by atoms with E-state index in [1.807, 2.05) is 25.1 Å². The fraction of sp³-hybridized carbons (Fsp3) is 0.600. The van der Waals surface area contributed by atoms with Crippen LogP contribution < -0.4 is 0 Å². The number of hydrogen-bond acceptors (Lipinski definition) is 2. The summed E-state index contributed by atoms with van der Waals surface area (Å²) in [4.78, 5) is 13.4. The van der Waals surface area contributed by atoms with Crippen LogP contribution in [0.4, 0.5) is 0 Å². The van der Waals surface area contributed by atoms with Gasteiger partial charge in [-0.3, -0.25) is 9.78 Å². The van der Waals surface area contributed by atoms with Gasteiger partial charge in [0.2, 0.25) is 0 Å². The average molecular weight is 251 g/mol. The highest BCUT2D eigenvalue weighted by molar-refractivity contribution is 5.66. The summed E-state index contributed by atoms with van der Waals surface area (Å²) >= 11 is 0. The Bertz CT molecular complexity index is 233. The van der Waals surface area contributed by atoms with Gasteiger partial charge in [-0.25, -0.2) is 0 Å². The first-order valence-electron chi connectivity index (χ1n) is 6.84. The van der Waals surface area contributed by atoms with E-state index in [-0.39, 0.29) is 0 Å². The summed E-state index contributed by atoms with van der Waals surface area (Å²) < 4.78 is 0. The quantitative estimate of drug-likeness (QED) is 0.852. The van der Waals surface area contributed by atoms with E-state index in [1.165, 1.54) is 38.5 Å². The molecule has 0 atom stereocenters. The summed E-state index contributed by atoms with van der Waals surface area (Å²) in [6.45, 7) is 1.84. The monoisotopic (exact) mass is 251 g/mol.